The van der Waals surface area contributed by atoms with Crippen LogP contribution < -0.4 is 10.9 Å². The highest BCUT2D eigenvalue weighted by molar-refractivity contribution is 6.01. The minimum Gasteiger partial charge on any atom is -0.444 e. The number of nitrogens with zero attached hydrogens (tertiary/aromatic N) is 2. The van der Waals surface area contributed by atoms with Crippen LogP contribution in [-0.2, 0) is 4.79 Å². The maximum absolute atomic E-state index is 12.3. The first-order chi connectivity index (χ1) is 11.0. The van der Waals surface area contributed by atoms with Crippen molar-refractivity contribution in [2.45, 2.75) is 33.6 Å². The zero-order valence-corrected chi connectivity index (χ0v) is 13.7. The Labute approximate surface area is 134 Å². The molecule has 124 valence electrons. The Balaban J connectivity index is 1.80. The fourth-order valence-electron chi connectivity index (χ4n) is 3.33. The van der Waals surface area contributed by atoms with Crippen LogP contribution in [0, 0.1) is 19.8 Å². The third-order valence-corrected chi connectivity index (χ3v) is 4.36. The molecule has 1 saturated heterocycles. The van der Waals surface area contributed by atoms with Crippen molar-refractivity contribution < 1.29 is 9.21 Å². The minimum atomic E-state index is -0.357. The SMILES string of the molecule is Cc1n[nH]c(=O)c2c(NC(=O)CN3CCCC(C)C3)oc(C)c12. The Hall–Kier alpha value is -2.15. The third kappa shape index (κ3) is 3.14. The molecule has 7 nitrogen and oxygen atoms in total. The van der Waals surface area contributed by atoms with Gasteiger partial charge in [-0.3, -0.25) is 19.8 Å². The molecule has 0 spiro atoms. The number of hydrogen-bond acceptors (Lipinski definition) is 5. The number of rotatable bonds is 3. The van der Waals surface area contributed by atoms with Crippen molar-refractivity contribution in [1.29, 1.82) is 0 Å². The van der Waals surface area contributed by atoms with Gasteiger partial charge in [-0.15, -0.1) is 0 Å². The van der Waals surface area contributed by atoms with E-state index in [4.69, 9.17) is 4.42 Å². The second-order valence-electron chi connectivity index (χ2n) is 6.41. The lowest BCUT2D eigenvalue weighted by Crippen LogP contribution is -2.39. The molecule has 1 unspecified atom stereocenters. The van der Waals surface area contributed by atoms with Gasteiger partial charge in [-0.05, 0) is 39.2 Å². The van der Waals surface area contributed by atoms with Crippen molar-refractivity contribution in [2.24, 2.45) is 5.92 Å². The standard InChI is InChI=1S/C16H22N4O3/c1-9-5-4-6-20(7-9)8-12(21)17-16-14-13(11(3)23-16)10(2)18-19-15(14)22/h9H,4-8H2,1-3H3,(H,17,21)(H,19,22). The number of likely N-dealkylation sites (tertiary alicyclic amines) is 1. The third-order valence-electron chi connectivity index (χ3n) is 4.36. The largest absolute Gasteiger partial charge is 0.444 e. The molecular formula is C16H22N4O3. The van der Waals surface area contributed by atoms with Crippen molar-refractivity contribution in [3.05, 3.63) is 21.8 Å². The average Bonchev–Trinajstić information content (AvgIpc) is 2.80. The van der Waals surface area contributed by atoms with Crippen LogP contribution >= 0.6 is 0 Å². The van der Waals surface area contributed by atoms with Gasteiger partial charge >= 0.3 is 0 Å². The van der Waals surface area contributed by atoms with Crippen LogP contribution in [0.5, 0.6) is 0 Å². The molecule has 0 saturated carbocycles. The molecule has 2 aromatic heterocycles. The number of carbonyl (C=O) groups is 1. The molecule has 0 radical (unpaired) electrons. The second-order valence-corrected chi connectivity index (χ2v) is 6.41. The molecule has 1 amide bonds. The minimum absolute atomic E-state index is 0.163. The number of furan rings is 1. The summed E-state index contributed by atoms with van der Waals surface area (Å²) in [6.45, 7) is 7.92. The molecule has 3 rings (SSSR count). The number of carbonyl (C=O) groups excluding carboxylic acids is 1. The van der Waals surface area contributed by atoms with Gasteiger partial charge in [0.15, 0.2) is 0 Å². The van der Waals surface area contributed by atoms with Crippen LogP contribution in [0.15, 0.2) is 9.21 Å². The predicted molar refractivity (Wildman–Crippen MR) is 87.6 cm³/mol. The number of hydrogen-bond donors (Lipinski definition) is 2. The highest BCUT2D eigenvalue weighted by atomic mass is 16.4. The zero-order chi connectivity index (χ0) is 16.6. The van der Waals surface area contributed by atoms with Crippen LogP contribution in [0.1, 0.15) is 31.2 Å². The number of aromatic nitrogens is 2. The number of aromatic amines is 1. The van der Waals surface area contributed by atoms with Gasteiger partial charge < -0.3 is 4.42 Å². The summed E-state index contributed by atoms with van der Waals surface area (Å²) in [5.41, 5.74) is 0.315. The summed E-state index contributed by atoms with van der Waals surface area (Å²) in [5.74, 6) is 1.24. The first kappa shape index (κ1) is 15.7. The van der Waals surface area contributed by atoms with Crippen molar-refractivity contribution in [1.82, 2.24) is 15.1 Å². The fraction of sp³-hybridized carbons (Fsp3) is 0.562. The van der Waals surface area contributed by atoms with Gasteiger partial charge in [-0.2, -0.15) is 5.10 Å². The fourth-order valence-corrected chi connectivity index (χ4v) is 3.33. The number of H-pyrrole nitrogens is 1. The van der Waals surface area contributed by atoms with Crippen LogP contribution in [0.25, 0.3) is 10.8 Å². The van der Waals surface area contributed by atoms with Crippen molar-refractivity contribution >= 4 is 22.6 Å². The van der Waals surface area contributed by atoms with Gasteiger partial charge in [0.2, 0.25) is 11.8 Å². The summed E-state index contributed by atoms with van der Waals surface area (Å²) in [6.07, 6.45) is 2.32. The molecule has 0 bridgehead atoms. The molecular weight excluding hydrogens is 296 g/mol. The van der Waals surface area contributed by atoms with E-state index in [9.17, 15) is 9.59 Å². The number of aryl methyl sites for hydroxylation is 2. The van der Waals surface area contributed by atoms with Crippen molar-refractivity contribution in [2.75, 3.05) is 25.0 Å². The Kier molecular flexibility index (Phi) is 4.21. The van der Waals surface area contributed by atoms with Crippen molar-refractivity contribution in [3.8, 4) is 0 Å². The first-order valence-corrected chi connectivity index (χ1v) is 7.96. The lowest BCUT2D eigenvalue weighted by atomic mass is 10.0. The van der Waals surface area contributed by atoms with Crippen LogP contribution in [0.4, 0.5) is 5.88 Å². The Morgan fingerprint density at radius 3 is 2.96 bits per heavy atom. The summed E-state index contributed by atoms with van der Waals surface area (Å²) in [7, 11) is 0. The maximum atomic E-state index is 12.3. The number of piperidine rings is 1. The second kappa shape index (κ2) is 6.16. The van der Waals surface area contributed by atoms with E-state index in [0.29, 0.717) is 34.7 Å². The number of fused-ring (bicyclic) bond motifs is 1. The summed E-state index contributed by atoms with van der Waals surface area (Å²) in [6, 6.07) is 0. The van der Waals surface area contributed by atoms with Gasteiger partial charge in [0.05, 0.1) is 17.6 Å². The Bertz CT molecular complexity index is 792. The van der Waals surface area contributed by atoms with Crippen LogP contribution in [0.2, 0.25) is 0 Å². The lowest BCUT2D eigenvalue weighted by molar-refractivity contribution is -0.117. The lowest BCUT2D eigenvalue weighted by Gasteiger charge is -2.29. The summed E-state index contributed by atoms with van der Waals surface area (Å²) in [4.78, 5) is 26.5. The van der Waals surface area contributed by atoms with Gasteiger partial charge in [-0.25, -0.2) is 5.10 Å². The van der Waals surface area contributed by atoms with E-state index < -0.39 is 0 Å². The van der Waals surface area contributed by atoms with E-state index >= 15 is 0 Å². The quantitative estimate of drug-likeness (QED) is 0.900. The molecule has 2 N–H and O–H groups in total. The Morgan fingerprint density at radius 2 is 2.22 bits per heavy atom. The molecule has 2 aromatic rings. The summed E-state index contributed by atoms with van der Waals surface area (Å²) >= 11 is 0. The molecule has 1 aliphatic rings. The molecule has 1 fully saturated rings. The number of anilines is 1. The molecule has 0 aliphatic carbocycles. The zero-order valence-electron chi connectivity index (χ0n) is 13.7. The summed E-state index contributed by atoms with van der Waals surface area (Å²) < 4.78 is 5.60. The molecule has 0 aromatic carbocycles. The van der Waals surface area contributed by atoms with Crippen molar-refractivity contribution in [3.63, 3.8) is 0 Å². The van der Waals surface area contributed by atoms with E-state index in [1.807, 2.05) is 0 Å². The number of nitrogens with one attached hydrogen (secondary N) is 2. The molecule has 1 atom stereocenters. The molecule has 7 heteroatoms. The topological polar surface area (TPSA) is 91.2 Å². The van der Waals surface area contributed by atoms with E-state index in [-0.39, 0.29) is 17.4 Å². The monoisotopic (exact) mass is 318 g/mol. The van der Waals surface area contributed by atoms with E-state index in [1.165, 1.54) is 6.42 Å². The first-order valence-electron chi connectivity index (χ1n) is 7.96. The highest BCUT2D eigenvalue weighted by Gasteiger charge is 2.22. The highest BCUT2D eigenvalue weighted by Crippen LogP contribution is 2.28. The predicted octanol–water partition coefficient (Wildman–Crippen LogP) is 1.80. The number of amides is 1. The Morgan fingerprint density at radius 1 is 1.43 bits per heavy atom. The molecule has 1 aliphatic heterocycles. The maximum Gasteiger partial charge on any atom is 0.277 e. The van der Waals surface area contributed by atoms with Gasteiger partial charge in [0.25, 0.3) is 5.56 Å². The molecule has 3 heterocycles. The van der Waals surface area contributed by atoms with E-state index in [0.717, 1.165) is 19.5 Å². The smallest absolute Gasteiger partial charge is 0.277 e. The summed E-state index contributed by atoms with van der Waals surface area (Å²) in [5, 5.41) is 10.1. The van der Waals surface area contributed by atoms with E-state index in [2.05, 4.69) is 27.3 Å². The van der Waals surface area contributed by atoms with Gasteiger partial charge in [0.1, 0.15) is 11.1 Å². The van der Waals surface area contributed by atoms with Crippen LogP contribution in [0.3, 0.4) is 0 Å². The normalized spacial score (nSPS) is 19.2. The van der Waals surface area contributed by atoms with Crippen LogP contribution in [-0.4, -0.2) is 40.6 Å². The van der Waals surface area contributed by atoms with E-state index in [1.54, 1.807) is 13.8 Å². The van der Waals surface area contributed by atoms with Gasteiger partial charge in [0, 0.05) is 6.54 Å². The van der Waals surface area contributed by atoms with Gasteiger partial charge in [-0.1, -0.05) is 6.92 Å². The molecule has 23 heavy (non-hydrogen) atoms. The average molecular weight is 318 g/mol.